The molecule has 29 heavy (non-hydrogen) atoms. The molecular formula is C20H22ClN5O2S. The molecule has 1 aliphatic rings. The predicted octanol–water partition coefficient (Wildman–Crippen LogP) is 3.80. The Labute approximate surface area is 178 Å². The minimum absolute atomic E-state index is 0. The normalized spacial score (nSPS) is 15.9. The second-order valence-corrected chi connectivity index (χ2v) is 7.60. The van der Waals surface area contributed by atoms with E-state index in [1.54, 1.807) is 36.4 Å². The first kappa shape index (κ1) is 21.0. The number of nitrogens with zero attached hydrogens (tertiary/aromatic N) is 2. The molecule has 1 atom stereocenters. The summed E-state index contributed by atoms with van der Waals surface area (Å²) < 4.78 is 1.86. The number of amides is 2. The lowest BCUT2D eigenvalue weighted by molar-refractivity contribution is 0.101. The van der Waals surface area contributed by atoms with E-state index >= 15 is 0 Å². The molecule has 0 saturated carbocycles. The Kier molecular flexibility index (Phi) is 7.03. The number of halogens is 1. The van der Waals surface area contributed by atoms with Crippen molar-refractivity contribution in [2.75, 3.05) is 23.7 Å². The van der Waals surface area contributed by atoms with Crippen LogP contribution in [0.3, 0.4) is 0 Å². The van der Waals surface area contributed by atoms with Crippen molar-refractivity contribution in [2.45, 2.75) is 18.9 Å². The monoisotopic (exact) mass is 431 g/mol. The number of hydrogen-bond donors (Lipinski definition) is 3. The molecule has 0 bridgehead atoms. The summed E-state index contributed by atoms with van der Waals surface area (Å²) in [6, 6.07) is 12.7. The summed E-state index contributed by atoms with van der Waals surface area (Å²) in [4.78, 5) is 25.4. The minimum Gasteiger partial charge on any atom is -0.321 e. The Morgan fingerprint density at radius 2 is 1.90 bits per heavy atom. The third-order valence-corrected chi connectivity index (χ3v) is 5.48. The van der Waals surface area contributed by atoms with Crippen LogP contribution in [0.25, 0.3) is 0 Å². The summed E-state index contributed by atoms with van der Waals surface area (Å²) in [7, 11) is 0. The van der Waals surface area contributed by atoms with Crippen LogP contribution in [0.5, 0.6) is 0 Å². The molecule has 1 aliphatic heterocycles. The van der Waals surface area contributed by atoms with Crippen molar-refractivity contribution in [3.05, 3.63) is 64.6 Å². The zero-order chi connectivity index (χ0) is 19.3. The molecule has 2 amide bonds. The molecule has 0 radical (unpaired) electrons. The number of hydrogen-bond acceptors (Lipinski definition) is 5. The van der Waals surface area contributed by atoms with E-state index < -0.39 is 0 Å². The molecule has 4 rings (SSSR count). The van der Waals surface area contributed by atoms with E-state index in [0.717, 1.165) is 25.9 Å². The van der Waals surface area contributed by atoms with Gasteiger partial charge in [0.15, 0.2) is 5.69 Å². The van der Waals surface area contributed by atoms with Crippen molar-refractivity contribution in [3.63, 3.8) is 0 Å². The lowest BCUT2D eigenvalue weighted by atomic mass is 10.1. The van der Waals surface area contributed by atoms with Gasteiger partial charge in [0.05, 0.1) is 10.9 Å². The highest BCUT2D eigenvalue weighted by molar-refractivity contribution is 7.12. The lowest BCUT2D eigenvalue weighted by Crippen LogP contribution is -2.32. The van der Waals surface area contributed by atoms with Crippen molar-refractivity contribution in [1.29, 1.82) is 0 Å². The maximum atomic E-state index is 12.5. The van der Waals surface area contributed by atoms with E-state index in [9.17, 15) is 9.59 Å². The van der Waals surface area contributed by atoms with Crippen molar-refractivity contribution in [3.8, 4) is 0 Å². The van der Waals surface area contributed by atoms with Crippen LogP contribution >= 0.6 is 23.7 Å². The molecule has 1 unspecified atom stereocenters. The Balaban J connectivity index is 0.00000240. The van der Waals surface area contributed by atoms with Crippen LogP contribution in [0.4, 0.5) is 11.4 Å². The molecule has 1 fully saturated rings. The van der Waals surface area contributed by atoms with Crippen LogP contribution in [-0.4, -0.2) is 34.7 Å². The molecule has 3 heterocycles. The van der Waals surface area contributed by atoms with Gasteiger partial charge < -0.3 is 16.0 Å². The van der Waals surface area contributed by atoms with Crippen LogP contribution in [0.15, 0.2) is 54.0 Å². The highest BCUT2D eigenvalue weighted by Gasteiger charge is 2.18. The largest absolute Gasteiger partial charge is 0.321 e. The summed E-state index contributed by atoms with van der Waals surface area (Å²) in [5, 5.41) is 15.3. The van der Waals surface area contributed by atoms with Gasteiger partial charge in [0.1, 0.15) is 0 Å². The molecule has 3 aromatic rings. The first-order valence-electron chi connectivity index (χ1n) is 9.21. The van der Waals surface area contributed by atoms with Gasteiger partial charge in [-0.2, -0.15) is 5.10 Å². The van der Waals surface area contributed by atoms with Crippen molar-refractivity contribution < 1.29 is 9.59 Å². The summed E-state index contributed by atoms with van der Waals surface area (Å²) in [6.07, 6.45) is 4.02. The number of thiophene rings is 1. The van der Waals surface area contributed by atoms with Crippen LogP contribution < -0.4 is 16.0 Å². The van der Waals surface area contributed by atoms with Crippen molar-refractivity contribution in [1.82, 2.24) is 15.1 Å². The third kappa shape index (κ3) is 5.23. The van der Waals surface area contributed by atoms with E-state index in [1.165, 1.54) is 11.3 Å². The van der Waals surface area contributed by atoms with E-state index in [2.05, 4.69) is 21.0 Å². The van der Waals surface area contributed by atoms with Gasteiger partial charge >= 0.3 is 0 Å². The average Bonchev–Trinajstić information content (AvgIpc) is 3.41. The van der Waals surface area contributed by atoms with E-state index in [0.29, 0.717) is 21.9 Å². The average molecular weight is 432 g/mol. The molecule has 0 aliphatic carbocycles. The Morgan fingerprint density at radius 3 is 2.59 bits per heavy atom. The Bertz CT molecular complexity index is 967. The summed E-state index contributed by atoms with van der Waals surface area (Å²) in [5.74, 6) is -0.442. The zero-order valence-corrected chi connectivity index (χ0v) is 17.3. The van der Waals surface area contributed by atoms with E-state index in [1.807, 2.05) is 22.3 Å². The number of carbonyl (C=O) groups is 2. The molecule has 7 nitrogen and oxygen atoms in total. The fraction of sp³-hybridized carbons (Fsp3) is 0.250. The van der Waals surface area contributed by atoms with Gasteiger partial charge in [-0.1, -0.05) is 12.1 Å². The minimum atomic E-state index is -0.274. The van der Waals surface area contributed by atoms with E-state index in [4.69, 9.17) is 0 Å². The number of aromatic nitrogens is 2. The third-order valence-electron chi connectivity index (χ3n) is 4.61. The van der Waals surface area contributed by atoms with Gasteiger partial charge in [0.25, 0.3) is 11.8 Å². The lowest BCUT2D eigenvalue weighted by Gasteiger charge is -2.22. The van der Waals surface area contributed by atoms with Gasteiger partial charge in [-0.05, 0) is 55.1 Å². The topological polar surface area (TPSA) is 88.0 Å². The van der Waals surface area contributed by atoms with Crippen molar-refractivity contribution >= 4 is 46.9 Å². The smallest absolute Gasteiger partial charge is 0.276 e. The van der Waals surface area contributed by atoms with Crippen LogP contribution in [0.1, 0.15) is 39.0 Å². The number of anilines is 2. The van der Waals surface area contributed by atoms with Crippen LogP contribution in [-0.2, 0) is 0 Å². The highest BCUT2D eigenvalue weighted by Crippen LogP contribution is 2.19. The first-order chi connectivity index (χ1) is 13.7. The zero-order valence-electron chi connectivity index (χ0n) is 15.6. The number of piperidine rings is 1. The maximum Gasteiger partial charge on any atom is 0.276 e. The Hall–Kier alpha value is -2.68. The standard InChI is InChI=1S/C20H21N5O2S.ClH/c26-19(17-8-10-25(24-17)16-6-2-9-21-13-16)22-14-4-1-5-15(12-14)23-20(27)18-7-3-11-28-18;/h1,3-5,7-8,10-12,16,21H,2,6,9,13H2,(H,22,26)(H,23,27);1H. The van der Waals surface area contributed by atoms with Gasteiger partial charge in [0.2, 0.25) is 0 Å². The highest BCUT2D eigenvalue weighted by atomic mass is 35.5. The molecule has 3 N–H and O–H groups in total. The Morgan fingerprint density at radius 1 is 1.10 bits per heavy atom. The summed E-state index contributed by atoms with van der Waals surface area (Å²) in [6.45, 7) is 1.90. The fourth-order valence-electron chi connectivity index (χ4n) is 3.19. The number of nitrogens with one attached hydrogen (secondary N) is 3. The summed E-state index contributed by atoms with van der Waals surface area (Å²) >= 11 is 1.38. The number of benzene rings is 1. The predicted molar refractivity (Wildman–Crippen MR) is 117 cm³/mol. The molecule has 1 saturated heterocycles. The number of carbonyl (C=O) groups excluding carboxylic acids is 2. The molecule has 9 heteroatoms. The second kappa shape index (κ2) is 9.69. The molecule has 1 aromatic carbocycles. The fourth-order valence-corrected chi connectivity index (χ4v) is 3.81. The first-order valence-corrected chi connectivity index (χ1v) is 10.1. The maximum absolute atomic E-state index is 12.5. The quantitative estimate of drug-likeness (QED) is 0.573. The van der Waals surface area contributed by atoms with E-state index in [-0.39, 0.29) is 30.3 Å². The van der Waals surface area contributed by atoms with Gasteiger partial charge in [-0.15, -0.1) is 23.7 Å². The molecule has 152 valence electrons. The second-order valence-electron chi connectivity index (χ2n) is 6.65. The van der Waals surface area contributed by atoms with Crippen LogP contribution in [0.2, 0.25) is 0 Å². The molecule has 0 spiro atoms. The van der Waals surface area contributed by atoms with Crippen molar-refractivity contribution in [2.24, 2.45) is 0 Å². The molecular weight excluding hydrogens is 410 g/mol. The van der Waals surface area contributed by atoms with Gasteiger partial charge in [0, 0.05) is 24.1 Å². The number of rotatable bonds is 5. The summed E-state index contributed by atoms with van der Waals surface area (Å²) in [5.41, 5.74) is 1.59. The van der Waals surface area contributed by atoms with Crippen LogP contribution in [0, 0.1) is 0 Å². The molecule has 2 aromatic heterocycles. The van der Waals surface area contributed by atoms with Gasteiger partial charge in [-0.25, -0.2) is 0 Å². The van der Waals surface area contributed by atoms with Gasteiger partial charge in [-0.3, -0.25) is 14.3 Å². The SMILES string of the molecule is Cl.O=C(Nc1cccc(NC(=O)c2cccs2)c1)c1ccn(C2CCCNC2)n1.